The molecule has 0 bridgehead atoms. The normalized spacial score (nSPS) is 29.0. The zero-order valence-electron chi connectivity index (χ0n) is 15.3. The minimum atomic E-state index is -0.735. The van der Waals surface area contributed by atoms with Gasteiger partial charge in [-0.1, -0.05) is 29.8 Å². The summed E-state index contributed by atoms with van der Waals surface area (Å²) in [5.74, 6) is 0.232. The van der Waals surface area contributed by atoms with Crippen LogP contribution in [0, 0.1) is 6.92 Å². The van der Waals surface area contributed by atoms with Gasteiger partial charge in [0.25, 0.3) is 0 Å². The summed E-state index contributed by atoms with van der Waals surface area (Å²) in [6, 6.07) is 8.42. The van der Waals surface area contributed by atoms with Crippen molar-refractivity contribution in [3.63, 3.8) is 0 Å². The molecular formula is C21H30N2O2. The number of likely N-dealkylation sites (tertiary alicyclic amines) is 2. The molecule has 1 N–H and O–H groups in total. The summed E-state index contributed by atoms with van der Waals surface area (Å²) in [6.45, 7) is 6.25. The maximum absolute atomic E-state index is 13.3. The highest BCUT2D eigenvalue weighted by atomic mass is 16.3. The van der Waals surface area contributed by atoms with Gasteiger partial charge < -0.3 is 14.9 Å². The number of aryl methyl sites for hydroxylation is 1. The fourth-order valence-corrected chi connectivity index (χ4v) is 4.70. The van der Waals surface area contributed by atoms with Crippen LogP contribution in [-0.4, -0.2) is 59.1 Å². The number of β-amino-alcohol motifs (C(OH)–C–C–N with tert-alkyl or cyclic N) is 1. The van der Waals surface area contributed by atoms with Crippen LogP contribution in [0.5, 0.6) is 0 Å². The minimum absolute atomic E-state index is 0.232. The Morgan fingerprint density at radius 3 is 2.36 bits per heavy atom. The number of nitrogens with zero attached hydrogens (tertiary/aromatic N) is 2. The quantitative estimate of drug-likeness (QED) is 0.914. The van der Waals surface area contributed by atoms with E-state index in [0.717, 1.165) is 50.9 Å². The average molecular weight is 342 g/mol. The summed E-state index contributed by atoms with van der Waals surface area (Å²) < 4.78 is 0. The van der Waals surface area contributed by atoms with Gasteiger partial charge in [0.15, 0.2) is 0 Å². The van der Waals surface area contributed by atoms with Crippen LogP contribution in [0.15, 0.2) is 24.3 Å². The molecule has 4 rings (SSSR count). The Balaban J connectivity index is 1.47. The highest BCUT2D eigenvalue weighted by Gasteiger charge is 2.54. The number of aliphatic hydroxyl groups is 1. The molecule has 2 saturated heterocycles. The molecule has 0 spiro atoms. The van der Waals surface area contributed by atoms with Gasteiger partial charge in [-0.05, 0) is 64.1 Å². The number of piperidine rings is 1. The molecule has 1 saturated carbocycles. The first-order chi connectivity index (χ1) is 12.0. The first kappa shape index (κ1) is 17.0. The third-order valence-electron chi connectivity index (χ3n) is 6.32. The maximum atomic E-state index is 13.3. The van der Waals surface area contributed by atoms with E-state index in [9.17, 15) is 9.90 Å². The zero-order chi connectivity index (χ0) is 17.5. The molecule has 2 aliphatic heterocycles. The van der Waals surface area contributed by atoms with Crippen LogP contribution in [-0.2, 0) is 10.2 Å². The van der Waals surface area contributed by atoms with Gasteiger partial charge in [0, 0.05) is 13.1 Å². The lowest BCUT2D eigenvalue weighted by Crippen LogP contribution is -2.56. The van der Waals surface area contributed by atoms with Crippen molar-refractivity contribution in [3.8, 4) is 0 Å². The number of carbonyl (C=O) groups is 1. The topological polar surface area (TPSA) is 43.8 Å². The van der Waals surface area contributed by atoms with E-state index in [0.29, 0.717) is 13.1 Å². The summed E-state index contributed by atoms with van der Waals surface area (Å²) in [5, 5.41) is 11.1. The molecule has 1 aromatic rings. The number of hydrogen-bond acceptors (Lipinski definition) is 3. The molecule has 1 atom stereocenters. The highest BCUT2D eigenvalue weighted by Crippen LogP contribution is 2.50. The van der Waals surface area contributed by atoms with Crippen molar-refractivity contribution >= 4 is 5.91 Å². The van der Waals surface area contributed by atoms with Crippen molar-refractivity contribution in [1.29, 1.82) is 0 Å². The molecule has 0 aromatic heterocycles. The van der Waals surface area contributed by atoms with E-state index in [1.807, 2.05) is 4.90 Å². The Hall–Kier alpha value is -1.39. The standard InChI is InChI=1S/C21H30N2O2/c1-17-5-7-18(8-6-17)21(10-11-21)19(24)23-14-4-9-20(25,16-23)15-22-12-2-3-13-22/h5-8,25H,2-4,9-16H2,1H3/t20-/m0/s1. The molecule has 25 heavy (non-hydrogen) atoms. The largest absolute Gasteiger partial charge is 0.387 e. The molecule has 1 aliphatic carbocycles. The lowest BCUT2D eigenvalue weighted by Gasteiger charge is -2.42. The van der Waals surface area contributed by atoms with Crippen LogP contribution >= 0.6 is 0 Å². The number of carbonyl (C=O) groups excluding carboxylic acids is 1. The van der Waals surface area contributed by atoms with Gasteiger partial charge in [-0.2, -0.15) is 0 Å². The van der Waals surface area contributed by atoms with Gasteiger partial charge in [-0.15, -0.1) is 0 Å². The summed E-state index contributed by atoms with van der Waals surface area (Å²) in [7, 11) is 0. The SMILES string of the molecule is Cc1ccc(C2(C(=O)N3CCC[C@](O)(CN4CCCC4)C3)CC2)cc1. The van der Waals surface area contributed by atoms with E-state index < -0.39 is 5.60 Å². The minimum Gasteiger partial charge on any atom is -0.387 e. The first-order valence-corrected chi connectivity index (χ1v) is 9.82. The van der Waals surface area contributed by atoms with Crippen LogP contribution in [0.25, 0.3) is 0 Å². The molecule has 2 heterocycles. The van der Waals surface area contributed by atoms with E-state index >= 15 is 0 Å². The molecular weight excluding hydrogens is 312 g/mol. The number of amides is 1. The van der Waals surface area contributed by atoms with E-state index in [1.165, 1.54) is 18.4 Å². The second-order valence-corrected chi connectivity index (χ2v) is 8.49. The van der Waals surface area contributed by atoms with Gasteiger partial charge in [-0.25, -0.2) is 0 Å². The summed E-state index contributed by atoms with van der Waals surface area (Å²) >= 11 is 0. The fourth-order valence-electron chi connectivity index (χ4n) is 4.70. The Bertz CT molecular complexity index is 632. The summed E-state index contributed by atoms with van der Waals surface area (Å²) in [4.78, 5) is 17.6. The van der Waals surface area contributed by atoms with Crippen LogP contribution in [0.1, 0.15) is 49.7 Å². The van der Waals surface area contributed by atoms with Crippen LogP contribution in [0.4, 0.5) is 0 Å². The lowest BCUT2D eigenvalue weighted by atomic mass is 9.88. The van der Waals surface area contributed by atoms with Crippen molar-refractivity contribution in [3.05, 3.63) is 35.4 Å². The average Bonchev–Trinajstić information content (AvgIpc) is 3.26. The van der Waals surface area contributed by atoms with Gasteiger partial charge in [0.2, 0.25) is 5.91 Å². The van der Waals surface area contributed by atoms with Crippen LogP contribution in [0.2, 0.25) is 0 Å². The monoisotopic (exact) mass is 342 g/mol. The predicted octanol–water partition coefficient (Wildman–Crippen LogP) is 2.48. The molecule has 4 nitrogen and oxygen atoms in total. The van der Waals surface area contributed by atoms with E-state index in [4.69, 9.17) is 0 Å². The van der Waals surface area contributed by atoms with Gasteiger partial charge in [0.05, 0.1) is 17.6 Å². The van der Waals surface area contributed by atoms with E-state index in [-0.39, 0.29) is 11.3 Å². The molecule has 3 fully saturated rings. The van der Waals surface area contributed by atoms with Crippen molar-refractivity contribution in [2.75, 3.05) is 32.7 Å². The first-order valence-electron chi connectivity index (χ1n) is 9.82. The van der Waals surface area contributed by atoms with Crippen LogP contribution in [0.3, 0.4) is 0 Å². The number of benzene rings is 1. The molecule has 0 unspecified atom stereocenters. The summed E-state index contributed by atoms with van der Waals surface area (Å²) in [5.41, 5.74) is 1.32. The third kappa shape index (κ3) is 3.34. The van der Waals surface area contributed by atoms with Crippen LogP contribution < -0.4 is 0 Å². The smallest absolute Gasteiger partial charge is 0.233 e. The lowest BCUT2D eigenvalue weighted by molar-refractivity contribution is -0.142. The molecule has 1 aromatic carbocycles. The summed E-state index contributed by atoms with van der Waals surface area (Å²) in [6.07, 6.45) is 6.06. The Kier molecular flexibility index (Phi) is 4.37. The van der Waals surface area contributed by atoms with Crippen molar-refractivity contribution in [2.45, 2.75) is 56.5 Å². The maximum Gasteiger partial charge on any atom is 0.233 e. The Morgan fingerprint density at radius 2 is 1.72 bits per heavy atom. The number of rotatable bonds is 4. The van der Waals surface area contributed by atoms with E-state index in [1.54, 1.807) is 0 Å². The van der Waals surface area contributed by atoms with Gasteiger partial charge in [-0.3, -0.25) is 4.79 Å². The van der Waals surface area contributed by atoms with Crippen molar-refractivity contribution < 1.29 is 9.90 Å². The second-order valence-electron chi connectivity index (χ2n) is 8.49. The predicted molar refractivity (Wildman–Crippen MR) is 98.5 cm³/mol. The van der Waals surface area contributed by atoms with Gasteiger partial charge >= 0.3 is 0 Å². The zero-order valence-corrected chi connectivity index (χ0v) is 15.3. The second kappa shape index (κ2) is 6.40. The molecule has 3 aliphatic rings. The molecule has 1 amide bonds. The van der Waals surface area contributed by atoms with Gasteiger partial charge in [0.1, 0.15) is 0 Å². The highest BCUT2D eigenvalue weighted by molar-refractivity contribution is 5.91. The fraction of sp³-hybridized carbons (Fsp3) is 0.667. The molecule has 0 radical (unpaired) electrons. The Labute approximate surface area is 150 Å². The van der Waals surface area contributed by atoms with Crippen molar-refractivity contribution in [1.82, 2.24) is 9.80 Å². The molecule has 4 heteroatoms. The van der Waals surface area contributed by atoms with E-state index in [2.05, 4.69) is 36.1 Å². The third-order valence-corrected chi connectivity index (χ3v) is 6.32. The Morgan fingerprint density at radius 1 is 1.04 bits per heavy atom. The van der Waals surface area contributed by atoms with Crippen molar-refractivity contribution in [2.24, 2.45) is 0 Å². The molecule has 136 valence electrons. The number of hydrogen-bond donors (Lipinski definition) is 1.